The first-order valence-electron chi connectivity index (χ1n) is 6.36. The topological polar surface area (TPSA) is 50.9 Å². The van der Waals surface area contributed by atoms with Crippen molar-refractivity contribution in [1.29, 1.82) is 0 Å². The zero-order valence-corrected chi connectivity index (χ0v) is 11.2. The maximum absolute atomic E-state index is 6.00. The SMILES string of the molecule is CCC1CC1Nc1snc(N)c1-c1ccccc1. The van der Waals surface area contributed by atoms with E-state index in [2.05, 4.69) is 28.7 Å². The Morgan fingerprint density at radius 1 is 1.39 bits per heavy atom. The van der Waals surface area contributed by atoms with E-state index in [-0.39, 0.29) is 0 Å². The first-order chi connectivity index (χ1) is 8.79. The van der Waals surface area contributed by atoms with Gasteiger partial charge in [-0.1, -0.05) is 43.7 Å². The number of hydrogen-bond acceptors (Lipinski definition) is 4. The Bertz CT molecular complexity index is 535. The Hall–Kier alpha value is -1.55. The van der Waals surface area contributed by atoms with Crippen LogP contribution >= 0.6 is 11.5 Å². The van der Waals surface area contributed by atoms with Crippen LogP contribution in [0.4, 0.5) is 10.8 Å². The summed E-state index contributed by atoms with van der Waals surface area (Å²) in [6, 6.07) is 10.8. The van der Waals surface area contributed by atoms with E-state index < -0.39 is 0 Å². The highest BCUT2D eigenvalue weighted by atomic mass is 32.1. The zero-order valence-electron chi connectivity index (χ0n) is 10.4. The Morgan fingerprint density at radius 3 is 2.83 bits per heavy atom. The number of nitrogens with zero attached hydrogens (tertiary/aromatic N) is 1. The molecule has 1 saturated carbocycles. The largest absolute Gasteiger partial charge is 0.382 e. The first kappa shape index (κ1) is 11.5. The summed E-state index contributed by atoms with van der Waals surface area (Å²) in [4.78, 5) is 0. The summed E-state index contributed by atoms with van der Waals surface area (Å²) in [5.74, 6) is 1.44. The van der Waals surface area contributed by atoms with Gasteiger partial charge in [0, 0.05) is 6.04 Å². The van der Waals surface area contributed by atoms with Crippen molar-refractivity contribution in [1.82, 2.24) is 4.37 Å². The number of rotatable bonds is 4. The van der Waals surface area contributed by atoms with E-state index in [1.807, 2.05) is 18.2 Å². The molecule has 1 aliphatic rings. The lowest BCUT2D eigenvalue weighted by Gasteiger charge is -2.06. The lowest BCUT2D eigenvalue weighted by molar-refractivity contribution is 0.775. The van der Waals surface area contributed by atoms with Crippen LogP contribution in [0, 0.1) is 5.92 Å². The van der Waals surface area contributed by atoms with E-state index in [1.165, 1.54) is 24.4 Å². The Balaban J connectivity index is 1.88. The predicted molar refractivity (Wildman–Crippen MR) is 77.8 cm³/mol. The molecule has 94 valence electrons. The molecule has 4 heteroatoms. The molecule has 2 unspecified atom stereocenters. The Labute approximate surface area is 111 Å². The van der Waals surface area contributed by atoms with Gasteiger partial charge in [0.05, 0.1) is 5.56 Å². The second kappa shape index (κ2) is 4.61. The van der Waals surface area contributed by atoms with E-state index in [0.29, 0.717) is 11.9 Å². The third-order valence-corrected chi connectivity index (χ3v) is 4.34. The van der Waals surface area contributed by atoms with Crippen molar-refractivity contribution in [2.75, 3.05) is 11.1 Å². The van der Waals surface area contributed by atoms with Gasteiger partial charge in [0.1, 0.15) is 10.8 Å². The maximum Gasteiger partial charge on any atom is 0.147 e. The first-order valence-corrected chi connectivity index (χ1v) is 7.14. The highest BCUT2D eigenvalue weighted by Crippen LogP contribution is 2.42. The summed E-state index contributed by atoms with van der Waals surface area (Å²) in [7, 11) is 0. The van der Waals surface area contributed by atoms with E-state index >= 15 is 0 Å². The molecule has 1 heterocycles. The third-order valence-electron chi connectivity index (χ3n) is 3.54. The van der Waals surface area contributed by atoms with Crippen LogP contribution in [0.25, 0.3) is 11.1 Å². The number of nitrogen functional groups attached to an aromatic ring is 1. The van der Waals surface area contributed by atoms with Crippen molar-refractivity contribution in [3.05, 3.63) is 30.3 Å². The molecular formula is C14H17N3S. The Kier molecular flexibility index (Phi) is 2.96. The highest BCUT2D eigenvalue weighted by Gasteiger charge is 2.36. The molecular weight excluding hydrogens is 242 g/mol. The average Bonchev–Trinajstić information content (AvgIpc) is 3.06. The summed E-state index contributed by atoms with van der Waals surface area (Å²) >= 11 is 1.47. The summed E-state index contributed by atoms with van der Waals surface area (Å²) in [5.41, 5.74) is 8.19. The van der Waals surface area contributed by atoms with Gasteiger partial charge >= 0.3 is 0 Å². The normalized spacial score (nSPS) is 21.8. The zero-order chi connectivity index (χ0) is 12.5. The number of benzene rings is 1. The second-order valence-electron chi connectivity index (χ2n) is 4.79. The molecule has 3 N–H and O–H groups in total. The van der Waals surface area contributed by atoms with Crippen LogP contribution in [0.2, 0.25) is 0 Å². The number of nitrogens with two attached hydrogens (primary N) is 1. The second-order valence-corrected chi connectivity index (χ2v) is 5.57. The smallest absolute Gasteiger partial charge is 0.147 e. The van der Waals surface area contributed by atoms with Crippen molar-refractivity contribution in [2.24, 2.45) is 5.92 Å². The van der Waals surface area contributed by atoms with Crippen LogP contribution in [0.1, 0.15) is 19.8 Å². The quantitative estimate of drug-likeness (QED) is 0.882. The van der Waals surface area contributed by atoms with Crippen LogP contribution in [0.3, 0.4) is 0 Å². The fourth-order valence-electron chi connectivity index (χ4n) is 2.33. The minimum atomic E-state index is 0.609. The van der Waals surface area contributed by atoms with Gasteiger partial charge in [-0.3, -0.25) is 0 Å². The van der Waals surface area contributed by atoms with Crippen LogP contribution in [-0.2, 0) is 0 Å². The van der Waals surface area contributed by atoms with Crippen molar-refractivity contribution in [2.45, 2.75) is 25.8 Å². The van der Waals surface area contributed by atoms with E-state index in [1.54, 1.807) is 0 Å². The molecule has 0 amide bonds. The van der Waals surface area contributed by atoms with Crippen LogP contribution in [0.5, 0.6) is 0 Å². The van der Waals surface area contributed by atoms with Gasteiger partial charge in [0.15, 0.2) is 0 Å². The van der Waals surface area contributed by atoms with Gasteiger partial charge in [0.25, 0.3) is 0 Å². The van der Waals surface area contributed by atoms with Crippen molar-refractivity contribution >= 4 is 22.4 Å². The van der Waals surface area contributed by atoms with Gasteiger partial charge in [-0.15, -0.1) is 0 Å². The lowest BCUT2D eigenvalue weighted by Crippen LogP contribution is -2.03. The summed E-state index contributed by atoms with van der Waals surface area (Å²) in [6.07, 6.45) is 2.51. The fraction of sp³-hybridized carbons (Fsp3) is 0.357. The van der Waals surface area contributed by atoms with E-state index in [9.17, 15) is 0 Å². The molecule has 1 aromatic carbocycles. The molecule has 18 heavy (non-hydrogen) atoms. The molecule has 0 saturated heterocycles. The highest BCUT2D eigenvalue weighted by molar-refractivity contribution is 7.11. The molecule has 2 aromatic rings. The van der Waals surface area contributed by atoms with E-state index in [0.717, 1.165) is 22.0 Å². The van der Waals surface area contributed by atoms with Crippen LogP contribution in [-0.4, -0.2) is 10.4 Å². The van der Waals surface area contributed by atoms with Gasteiger partial charge in [0.2, 0.25) is 0 Å². The van der Waals surface area contributed by atoms with Gasteiger partial charge in [-0.05, 0) is 29.4 Å². The molecule has 3 rings (SSSR count). The van der Waals surface area contributed by atoms with Crippen LogP contribution in [0.15, 0.2) is 30.3 Å². The summed E-state index contributed by atoms with van der Waals surface area (Å²) in [6.45, 7) is 2.24. The maximum atomic E-state index is 6.00. The van der Waals surface area contributed by atoms with Crippen molar-refractivity contribution < 1.29 is 0 Å². The minimum absolute atomic E-state index is 0.609. The molecule has 1 fully saturated rings. The fourth-order valence-corrected chi connectivity index (χ4v) is 3.13. The number of anilines is 2. The minimum Gasteiger partial charge on any atom is -0.382 e. The number of nitrogens with one attached hydrogen (secondary N) is 1. The summed E-state index contributed by atoms with van der Waals surface area (Å²) < 4.78 is 4.28. The molecule has 0 bridgehead atoms. The third kappa shape index (κ3) is 2.08. The summed E-state index contributed by atoms with van der Waals surface area (Å²) in [5, 5.41) is 4.69. The van der Waals surface area contributed by atoms with Crippen molar-refractivity contribution in [3.8, 4) is 11.1 Å². The molecule has 2 atom stereocenters. The van der Waals surface area contributed by atoms with Crippen molar-refractivity contribution in [3.63, 3.8) is 0 Å². The standard InChI is InChI=1S/C14H17N3S/c1-2-9-8-11(9)16-14-12(13(15)17-18-14)10-6-4-3-5-7-10/h3-7,9,11,16H,2,8H2,1H3,(H2,15,17). The van der Waals surface area contributed by atoms with E-state index in [4.69, 9.17) is 5.73 Å². The molecule has 1 aliphatic carbocycles. The lowest BCUT2D eigenvalue weighted by atomic mass is 10.1. The van der Waals surface area contributed by atoms with Gasteiger partial charge in [-0.25, -0.2) is 0 Å². The number of aromatic nitrogens is 1. The predicted octanol–water partition coefficient (Wildman–Crippen LogP) is 3.60. The average molecular weight is 259 g/mol. The Morgan fingerprint density at radius 2 is 2.17 bits per heavy atom. The van der Waals surface area contributed by atoms with Gasteiger partial charge < -0.3 is 11.1 Å². The van der Waals surface area contributed by atoms with Crippen LogP contribution < -0.4 is 11.1 Å². The van der Waals surface area contributed by atoms with Gasteiger partial charge in [-0.2, -0.15) is 4.37 Å². The molecule has 3 nitrogen and oxygen atoms in total. The molecule has 0 radical (unpaired) electrons. The number of hydrogen-bond donors (Lipinski definition) is 2. The molecule has 0 aliphatic heterocycles. The monoisotopic (exact) mass is 259 g/mol. The molecule has 0 spiro atoms. The molecule has 1 aromatic heterocycles.